The third-order valence-corrected chi connectivity index (χ3v) is 7.37. The van der Waals surface area contributed by atoms with Crippen molar-refractivity contribution in [1.29, 1.82) is 0 Å². The maximum Gasteiger partial charge on any atom is 0.259 e. The molecular formula is C24H32N4O. The molecule has 1 N–H and O–H groups in total. The molecule has 0 spiro atoms. The quantitative estimate of drug-likeness (QED) is 0.797. The second kappa shape index (κ2) is 7.19. The zero-order valence-electron chi connectivity index (χ0n) is 17.6. The number of anilines is 1. The summed E-state index contributed by atoms with van der Waals surface area (Å²) in [6.07, 6.45) is 9.20. The van der Waals surface area contributed by atoms with Crippen LogP contribution in [0.5, 0.6) is 0 Å². The number of nitrogens with zero attached hydrogens (tertiary/aromatic N) is 3. The van der Waals surface area contributed by atoms with Crippen molar-refractivity contribution in [2.45, 2.75) is 64.0 Å². The summed E-state index contributed by atoms with van der Waals surface area (Å²) < 4.78 is 2.02. The van der Waals surface area contributed by atoms with Gasteiger partial charge in [-0.2, -0.15) is 5.10 Å². The van der Waals surface area contributed by atoms with Gasteiger partial charge in [-0.15, -0.1) is 0 Å². The van der Waals surface area contributed by atoms with Gasteiger partial charge < -0.3 is 10.2 Å². The molecule has 3 aliphatic rings. The van der Waals surface area contributed by atoms with Crippen molar-refractivity contribution < 1.29 is 4.79 Å². The summed E-state index contributed by atoms with van der Waals surface area (Å²) in [6.45, 7) is 6.22. The van der Waals surface area contributed by atoms with Crippen LogP contribution < -0.4 is 5.32 Å². The normalized spacial score (nSPS) is 28.2. The van der Waals surface area contributed by atoms with E-state index in [2.05, 4.69) is 53.4 Å². The van der Waals surface area contributed by atoms with Crippen molar-refractivity contribution in [2.75, 3.05) is 18.4 Å². The summed E-state index contributed by atoms with van der Waals surface area (Å²) >= 11 is 0. The number of piperidine rings is 1. The molecule has 2 aromatic rings. The van der Waals surface area contributed by atoms with Gasteiger partial charge in [0.15, 0.2) is 0 Å². The highest BCUT2D eigenvalue weighted by molar-refractivity contribution is 5.99. The van der Waals surface area contributed by atoms with Crippen LogP contribution in [0.1, 0.15) is 74.3 Å². The lowest BCUT2D eigenvalue weighted by atomic mass is 9.75. The van der Waals surface area contributed by atoms with E-state index in [1.807, 2.05) is 10.7 Å². The smallest absolute Gasteiger partial charge is 0.259 e. The highest BCUT2D eigenvalue weighted by Crippen LogP contribution is 2.41. The van der Waals surface area contributed by atoms with E-state index in [1.54, 1.807) is 6.20 Å². The van der Waals surface area contributed by atoms with E-state index in [-0.39, 0.29) is 17.5 Å². The minimum Gasteiger partial charge on any atom is -0.363 e. The summed E-state index contributed by atoms with van der Waals surface area (Å²) in [5.74, 6) is 2.54. The number of hydrogen-bond acceptors (Lipinski definition) is 3. The summed E-state index contributed by atoms with van der Waals surface area (Å²) in [5, 5.41) is 8.29. The lowest BCUT2D eigenvalue weighted by molar-refractivity contribution is 0.0521. The first-order valence-electron chi connectivity index (χ1n) is 11.2. The fraction of sp³-hybridized carbons (Fsp3) is 0.583. The van der Waals surface area contributed by atoms with Crippen LogP contribution in [0.25, 0.3) is 0 Å². The lowest BCUT2D eigenvalue weighted by Gasteiger charge is -2.42. The summed E-state index contributed by atoms with van der Waals surface area (Å²) in [5.41, 5.74) is 1.85. The first kappa shape index (κ1) is 18.7. The van der Waals surface area contributed by atoms with Gasteiger partial charge in [-0.05, 0) is 50.5 Å². The molecule has 5 rings (SSSR count). The van der Waals surface area contributed by atoms with Gasteiger partial charge in [-0.25, -0.2) is 4.68 Å². The van der Waals surface area contributed by atoms with Crippen molar-refractivity contribution in [3.8, 4) is 0 Å². The molecule has 5 nitrogen and oxygen atoms in total. The second-order valence-corrected chi connectivity index (χ2v) is 9.79. The molecular weight excluding hydrogens is 360 g/mol. The number of rotatable bonds is 2. The Morgan fingerprint density at radius 1 is 1.10 bits per heavy atom. The Kier molecular flexibility index (Phi) is 4.64. The van der Waals surface area contributed by atoms with Crippen molar-refractivity contribution in [1.82, 2.24) is 14.7 Å². The average molecular weight is 393 g/mol. The predicted molar refractivity (Wildman–Crippen MR) is 115 cm³/mol. The van der Waals surface area contributed by atoms with E-state index in [1.165, 1.54) is 31.2 Å². The number of aromatic nitrogens is 2. The molecule has 2 aliphatic heterocycles. The molecule has 2 fully saturated rings. The van der Waals surface area contributed by atoms with E-state index in [4.69, 9.17) is 0 Å². The van der Waals surface area contributed by atoms with Crippen LogP contribution in [0.2, 0.25) is 0 Å². The molecule has 3 atom stereocenters. The number of fused-ring (bicyclic) bond motifs is 2. The number of carbonyl (C=O) groups is 1. The van der Waals surface area contributed by atoms with Crippen molar-refractivity contribution in [3.05, 3.63) is 47.7 Å². The average Bonchev–Trinajstić information content (AvgIpc) is 3.18. The van der Waals surface area contributed by atoms with Gasteiger partial charge in [0.1, 0.15) is 11.4 Å². The van der Waals surface area contributed by atoms with Crippen molar-refractivity contribution >= 4 is 11.7 Å². The van der Waals surface area contributed by atoms with Gasteiger partial charge in [0.2, 0.25) is 0 Å². The highest BCUT2D eigenvalue weighted by Gasteiger charge is 2.39. The number of amides is 1. The number of likely N-dealkylation sites (tertiary alicyclic amines) is 1. The Bertz CT molecular complexity index is 888. The van der Waals surface area contributed by atoms with E-state index in [0.29, 0.717) is 5.92 Å². The predicted octanol–water partition coefficient (Wildman–Crippen LogP) is 4.83. The van der Waals surface area contributed by atoms with Crippen LogP contribution in [0.4, 0.5) is 5.82 Å². The number of carbonyl (C=O) groups excluding carboxylic acids is 1. The molecule has 1 aromatic heterocycles. The van der Waals surface area contributed by atoms with Crippen molar-refractivity contribution in [3.63, 3.8) is 0 Å². The van der Waals surface area contributed by atoms with Crippen LogP contribution in [0.3, 0.4) is 0 Å². The van der Waals surface area contributed by atoms with E-state index >= 15 is 0 Å². The topological polar surface area (TPSA) is 50.2 Å². The van der Waals surface area contributed by atoms with E-state index < -0.39 is 0 Å². The van der Waals surface area contributed by atoms with Gasteiger partial charge in [0, 0.05) is 13.1 Å². The molecule has 1 saturated heterocycles. The Labute approximate surface area is 173 Å². The molecule has 3 unspecified atom stereocenters. The monoisotopic (exact) mass is 392 g/mol. The van der Waals surface area contributed by atoms with Crippen LogP contribution in [-0.4, -0.2) is 33.7 Å². The maximum atomic E-state index is 13.5. The Morgan fingerprint density at radius 2 is 1.86 bits per heavy atom. The summed E-state index contributed by atoms with van der Waals surface area (Å²) in [7, 11) is 0. The first-order valence-corrected chi connectivity index (χ1v) is 11.2. The van der Waals surface area contributed by atoms with Crippen LogP contribution in [-0.2, 0) is 5.54 Å². The number of benzene rings is 1. The minimum absolute atomic E-state index is 0.143. The molecule has 3 heterocycles. The van der Waals surface area contributed by atoms with Gasteiger partial charge in [-0.3, -0.25) is 4.79 Å². The SMILES string of the molecule is CC1(C)CC(c2ccccc2)Nc2c(C(=O)N3CCC4CCCCC4C3)cnn21. The van der Waals surface area contributed by atoms with Gasteiger partial charge >= 0.3 is 0 Å². The highest BCUT2D eigenvalue weighted by atomic mass is 16.2. The van der Waals surface area contributed by atoms with E-state index in [9.17, 15) is 4.79 Å². The molecule has 1 saturated carbocycles. The molecule has 1 aliphatic carbocycles. The molecule has 0 bridgehead atoms. The fourth-order valence-electron chi connectivity index (χ4n) is 5.75. The Balaban J connectivity index is 1.41. The Morgan fingerprint density at radius 3 is 2.66 bits per heavy atom. The fourth-order valence-corrected chi connectivity index (χ4v) is 5.75. The zero-order chi connectivity index (χ0) is 20.0. The van der Waals surface area contributed by atoms with Gasteiger partial charge in [0.05, 0.1) is 17.8 Å². The lowest BCUT2D eigenvalue weighted by Crippen LogP contribution is -2.45. The molecule has 154 valence electrons. The van der Waals surface area contributed by atoms with Crippen LogP contribution in [0, 0.1) is 11.8 Å². The maximum absolute atomic E-state index is 13.5. The van der Waals surface area contributed by atoms with Gasteiger partial charge in [0.25, 0.3) is 5.91 Å². The summed E-state index contributed by atoms with van der Waals surface area (Å²) in [6, 6.07) is 10.7. The molecule has 5 heteroatoms. The number of hydrogen-bond donors (Lipinski definition) is 1. The largest absolute Gasteiger partial charge is 0.363 e. The standard InChI is InChI=1S/C24H32N4O/c1-24(2)14-21(18-9-4-3-5-10-18)26-22-20(15-25-28(22)24)23(29)27-13-12-17-8-6-7-11-19(17)16-27/h3-5,9-10,15,17,19,21,26H,6-8,11-14,16H2,1-2H3. The zero-order valence-corrected chi connectivity index (χ0v) is 17.6. The van der Waals surface area contributed by atoms with E-state index in [0.717, 1.165) is 43.2 Å². The van der Waals surface area contributed by atoms with Crippen LogP contribution >= 0.6 is 0 Å². The molecule has 29 heavy (non-hydrogen) atoms. The molecule has 1 aromatic carbocycles. The first-order chi connectivity index (χ1) is 14.0. The minimum atomic E-state index is -0.143. The van der Waals surface area contributed by atoms with Gasteiger partial charge in [-0.1, -0.05) is 49.6 Å². The van der Waals surface area contributed by atoms with Crippen LogP contribution in [0.15, 0.2) is 36.5 Å². The van der Waals surface area contributed by atoms with Crippen molar-refractivity contribution in [2.24, 2.45) is 11.8 Å². The molecule has 1 amide bonds. The third kappa shape index (κ3) is 3.34. The second-order valence-electron chi connectivity index (χ2n) is 9.79. The number of nitrogens with one attached hydrogen (secondary N) is 1. The summed E-state index contributed by atoms with van der Waals surface area (Å²) in [4.78, 5) is 15.6. The molecule has 0 radical (unpaired) electrons. The Hall–Kier alpha value is -2.30. The third-order valence-electron chi connectivity index (χ3n) is 7.37.